The number of aromatic nitrogens is 1. The van der Waals surface area contributed by atoms with Crippen molar-refractivity contribution in [1.29, 1.82) is 0 Å². The maximum Gasteiger partial charge on any atom is 0.210 e. The van der Waals surface area contributed by atoms with Gasteiger partial charge in [-0.2, -0.15) is 0 Å². The second-order valence-electron chi connectivity index (χ2n) is 6.75. The molecule has 0 aliphatic carbocycles. The molecule has 1 aromatic heterocycles. The van der Waals surface area contributed by atoms with Crippen LogP contribution >= 0.6 is 11.8 Å². The highest BCUT2D eigenvalue weighted by Crippen LogP contribution is 2.57. The van der Waals surface area contributed by atoms with Crippen LogP contribution in [0.25, 0.3) is 0 Å². The monoisotopic (exact) mass is 380 g/mol. The SMILES string of the molecule is CC(C)c1ccc2c(c1)N1c3ncccc3Sc3cccc(c31)S2(=O)=O. The number of hydrogen-bond acceptors (Lipinski definition) is 5. The van der Waals surface area contributed by atoms with Crippen LogP contribution < -0.4 is 4.90 Å². The van der Waals surface area contributed by atoms with Gasteiger partial charge in [-0.05, 0) is 47.9 Å². The lowest BCUT2D eigenvalue weighted by Crippen LogP contribution is -2.25. The molecule has 0 saturated carbocycles. The fourth-order valence-corrected chi connectivity index (χ4v) is 6.28. The summed E-state index contributed by atoms with van der Waals surface area (Å²) in [7, 11) is -3.56. The van der Waals surface area contributed by atoms with E-state index in [1.807, 2.05) is 41.3 Å². The van der Waals surface area contributed by atoms with E-state index in [0.29, 0.717) is 21.4 Å². The Labute approximate surface area is 156 Å². The van der Waals surface area contributed by atoms with E-state index in [1.165, 1.54) is 0 Å². The average molecular weight is 380 g/mol. The van der Waals surface area contributed by atoms with E-state index in [1.54, 1.807) is 30.1 Å². The zero-order valence-corrected chi connectivity index (χ0v) is 15.9. The molecule has 0 N–H and O–H groups in total. The van der Waals surface area contributed by atoms with E-state index in [0.717, 1.165) is 26.9 Å². The van der Waals surface area contributed by atoms with Gasteiger partial charge in [-0.25, -0.2) is 13.4 Å². The highest BCUT2D eigenvalue weighted by Gasteiger charge is 2.40. The first-order valence-corrected chi connectivity index (χ1v) is 10.7. The van der Waals surface area contributed by atoms with Gasteiger partial charge >= 0.3 is 0 Å². The van der Waals surface area contributed by atoms with Gasteiger partial charge in [-0.3, -0.25) is 4.90 Å². The van der Waals surface area contributed by atoms with Crippen molar-refractivity contribution in [1.82, 2.24) is 4.98 Å². The lowest BCUT2D eigenvalue weighted by Gasteiger charge is -2.37. The summed E-state index contributed by atoms with van der Waals surface area (Å²) in [5, 5.41) is 0. The Kier molecular flexibility index (Phi) is 3.27. The van der Waals surface area contributed by atoms with Crippen LogP contribution in [0.2, 0.25) is 0 Å². The molecule has 0 unspecified atom stereocenters. The van der Waals surface area contributed by atoms with Gasteiger partial charge in [0.05, 0.1) is 26.1 Å². The summed E-state index contributed by atoms with van der Waals surface area (Å²) in [6.45, 7) is 4.22. The standard InChI is InChI=1S/C20H16N2O2S2/c1-12(2)13-8-9-17-14(11-13)22-19-15(5-3-7-18(19)26(17,23)24)25-16-6-4-10-21-20(16)22/h3-12H,1-2H3. The van der Waals surface area contributed by atoms with Crippen LogP contribution in [0.3, 0.4) is 0 Å². The van der Waals surface area contributed by atoms with Crippen molar-refractivity contribution in [3.8, 4) is 0 Å². The van der Waals surface area contributed by atoms with Crippen molar-refractivity contribution in [2.24, 2.45) is 0 Å². The molecular formula is C20H16N2O2S2. The van der Waals surface area contributed by atoms with Crippen molar-refractivity contribution in [3.63, 3.8) is 0 Å². The zero-order chi connectivity index (χ0) is 18.1. The third-order valence-electron chi connectivity index (χ3n) is 4.84. The summed E-state index contributed by atoms with van der Waals surface area (Å²) in [6.07, 6.45) is 1.75. The van der Waals surface area contributed by atoms with E-state index in [2.05, 4.69) is 18.8 Å². The molecular weight excluding hydrogens is 364 g/mol. The molecule has 26 heavy (non-hydrogen) atoms. The molecule has 0 saturated heterocycles. The number of sulfone groups is 1. The molecule has 5 rings (SSSR count). The Bertz CT molecular complexity index is 1170. The summed E-state index contributed by atoms with van der Waals surface area (Å²) in [6, 6.07) is 15.0. The lowest BCUT2D eigenvalue weighted by atomic mass is 10.0. The molecule has 6 heteroatoms. The van der Waals surface area contributed by atoms with E-state index >= 15 is 0 Å². The minimum Gasteiger partial charge on any atom is -0.290 e. The first-order chi connectivity index (χ1) is 12.5. The number of nitrogens with zero attached hydrogens (tertiary/aromatic N) is 2. The summed E-state index contributed by atoms with van der Waals surface area (Å²) in [5.41, 5.74) is 2.52. The van der Waals surface area contributed by atoms with Gasteiger partial charge in [0.1, 0.15) is 0 Å². The van der Waals surface area contributed by atoms with Crippen molar-refractivity contribution >= 4 is 38.8 Å². The van der Waals surface area contributed by atoms with Crippen molar-refractivity contribution in [2.75, 3.05) is 4.90 Å². The number of rotatable bonds is 1. The lowest BCUT2D eigenvalue weighted by molar-refractivity contribution is 0.594. The normalized spacial score (nSPS) is 16.0. The fraction of sp³-hybridized carbons (Fsp3) is 0.150. The number of fused-ring (bicyclic) bond motifs is 4. The second kappa shape index (κ2) is 5.34. The molecule has 130 valence electrons. The van der Waals surface area contributed by atoms with Gasteiger partial charge in [0.25, 0.3) is 0 Å². The second-order valence-corrected chi connectivity index (χ2v) is 9.72. The minimum atomic E-state index is -3.56. The molecule has 0 spiro atoms. The Balaban J connectivity index is 1.91. The first kappa shape index (κ1) is 15.9. The van der Waals surface area contributed by atoms with Crippen LogP contribution in [0.5, 0.6) is 0 Å². The number of hydrogen-bond donors (Lipinski definition) is 0. The van der Waals surface area contributed by atoms with Gasteiger partial charge in [-0.15, -0.1) is 0 Å². The van der Waals surface area contributed by atoms with E-state index in [-0.39, 0.29) is 0 Å². The Morgan fingerprint density at radius 1 is 1.00 bits per heavy atom. The molecule has 0 bridgehead atoms. The molecule has 3 aromatic rings. The third-order valence-corrected chi connectivity index (χ3v) is 7.76. The zero-order valence-electron chi connectivity index (χ0n) is 14.3. The van der Waals surface area contributed by atoms with Crippen LogP contribution in [0, 0.1) is 0 Å². The summed E-state index contributed by atoms with van der Waals surface area (Å²) in [5.74, 6) is 1.09. The van der Waals surface area contributed by atoms with E-state index in [4.69, 9.17) is 0 Å². The van der Waals surface area contributed by atoms with Gasteiger partial charge in [0, 0.05) is 11.1 Å². The average Bonchev–Trinajstić information content (AvgIpc) is 2.64. The number of pyridine rings is 1. The largest absolute Gasteiger partial charge is 0.290 e. The smallest absolute Gasteiger partial charge is 0.210 e. The molecule has 4 nitrogen and oxygen atoms in total. The maximum atomic E-state index is 13.3. The van der Waals surface area contributed by atoms with Crippen LogP contribution in [0.1, 0.15) is 25.3 Å². The number of anilines is 3. The summed E-state index contributed by atoms with van der Waals surface area (Å²) < 4.78 is 26.5. The maximum absolute atomic E-state index is 13.3. The molecule has 2 aliphatic rings. The third kappa shape index (κ3) is 2.03. The van der Waals surface area contributed by atoms with Gasteiger partial charge in [-0.1, -0.05) is 37.7 Å². The molecule has 3 heterocycles. The molecule has 2 aromatic carbocycles. The van der Waals surface area contributed by atoms with Crippen molar-refractivity contribution in [3.05, 3.63) is 60.3 Å². The van der Waals surface area contributed by atoms with E-state index in [9.17, 15) is 8.42 Å². The highest BCUT2D eigenvalue weighted by molar-refractivity contribution is 8.00. The van der Waals surface area contributed by atoms with Crippen LogP contribution in [0.4, 0.5) is 17.2 Å². The predicted molar refractivity (Wildman–Crippen MR) is 103 cm³/mol. The topological polar surface area (TPSA) is 50.3 Å². The van der Waals surface area contributed by atoms with Crippen LogP contribution in [0.15, 0.2) is 74.3 Å². The molecule has 0 fully saturated rings. The van der Waals surface area contributed by atoms with Gasteiger partial charge < -0.3 is 0 Å². The Hall–Kier alpha value is -2.31. The first-order valence-electron chi connectivity index (χ1n) is 8.43. The van der Waals surface area contributed by atoms with E-state index < -0.39 is 9.84 Å². The molecule has 0 amide bonds. The molecule has 2 aliphatic heterocycles. The summed E-state index contributed by atoms with van der Waals surface area (Å²) >= 11 is 1.57. The van der Waals surface area contributed by atoms with Gasteiger partial charge in [0.15, 0.2) is 5.82 Å². The quantitative estimate of drug-likeness (QED) is 0.396. The highest BCUT2D eigenvalue weighted by atomic mass is 32.2. The van der Waals surface area contributed by atoms with Crippen LogP contribution in [-0.4, -0.2) is 13.4 Å². The van der Waals surface area contributed by atoms with Crippen molar-refractivity contribution < 1.29 is 8.42 Å². The molecule has 0 radical (unpaired) electrons. The molecule has 0 atom stereocenters. The minimum absolute atomic E-state index is 0.307. The fourth-order valence-electron chi connectivity index (χ4n) is 3.52. The Morgan fingerprint density at radius 3 is 2.62 bits per heavy atom. The van der Waals surface area contributed by atoms with Crippen LogP contribution in [-0.2, 0) is 9.84 Å². The Morgan fingerprint density at radius 2 is 1.81 bits per heavy atom. The number of para-hydroxylation sites is 1. The predicted octanol–water partition coefficient (Wildman–Crippen LogP) is 5.29. The number of benzene rings is 2. The van der Waals surface area contributed by atoms with Gasteiger partial charge in [0.2, 0.25) is 9.84 Å². The van der Waals surface area contributed by atoms with Crippen molar-refractivity contribution in [2.45, 2.75) is 39.3 Å². The summed E-state index contributed by atoms with van der Waals surface area (Å²) in [4.78, 5) is 9.25.